The van der Waals surface area contributed by atoms with Crippen LogP contribution in [0.4, 0.5) is 0 Å². The third kappa shape index (κ3) is 2.10. The summed E-state index contributed by atoms with van der Waals surface area (Å²) in [5.74, 6) is -0.961. The molecule has 4 nitrogen and oxygen atoms in total. The van der Waals surface area contributed by atoms with Crippen LogP contribution in [0.25, 0.3) is 5.69 Å². The molecule has 0 atom stereocenters. The third-order valence-corrected chi connectivity index (χ3v) is 3.21. The largest absolute Gasteiger partial charge is 0.478 e. The number of carboxylic acids is 1. The van der Waals surface area contributed by atoms with Crippen molar-refractivity contribution in [1.29, 1.82) is 0 Å². The number of halogens is 1. The first-order valence-corrected chi connectivity index (χ1v) is 5.84. The highest BCUT2D eigenvalue weighted by Crippen LogP contribution is 2.24. The van der Waals surface area contributed by atoms with Crippen molar-refractivity contribution in [3.8, 4) is 5.69 Å². The molecule has 0 saturated carbocycles. The van der Waals surface area contributed by atoms with Gasteiger partial charge in [-0.2, -0.15) is 5.10 Å². The number of carboxylic acid groups (broad SMARTS) is 1. The molecule has 1 aromatic carbocycles. The average Bonchev–Trinajstić information content (AvgIpc) is 2.60. The van der Waals surface area contributed by atoms with Crippen LogP contribution < -0.4 is 0 Å². The molecule has 0 unspecified atom stereocenters. The third-order valence-electron chi connectivity index (χ3n) is 2.57. The van der Waals surface area contributed by atoms with Crippen LogP contribution in [0.1, 0.15) is 21.6 Å². The van der Waals surface area contributed by atoms with Crippen molar-refractivity contribution in [2.75, 3.05) is 0 Å². The normalized spacial score (nSPS) is 10.5. The molecule has 88 valence electrons. The lowest BCUT2D eigenvalue weighted by molar-refractivity contribution is 0.0696. The molecule has 0 saturated heterocycles. The second kappa shape index (κ2) is 4.33. The fourth-order valence-corrected chi connectivity index (χ4v) is 2.31. The summed E-state index contributed by atoms with van der Waals surface area (Å²) in [5, 5.41) is 13.1. The van der Waals surface area contributed by atoms with Gasteiger partial charge in [-0.05, 0) is 47.5 Å². The number of hydrogen-bond acceptors (Lipinski definition) is 2. The highest BCUT2D eigenvalue weighted by Gasteiger charge is 2.15. The molecule has 0 aliphatic heterocycles. The van der Waals surface area contributed by atoms with Gasteiger partial charge in [-0.1, -0.05) is 6.07 Å². The second-order valence-corrected chi connectivity index (χ2v) is 4.67. The van der Waals surface area contributed by atoms with E-state index in [1.165, 1.54) is 6.20 Å². The Balaban J connectivity index is 2.57. The zero-order valence-corrected chi connectivity index (χ0v) is 11.0. The Kier molecular flexibility index (Phi) is 3.02. The number of benzene rings is 1. The van der Waals surface area contributed by atoms with Crippen molar-refractivity contribution < 1.29 is 9.90 Å². The van der Waals surface area contributed by atoms with Gasteiger partial charge >= 0.3 is 5.97 Å². The van der Waals surface area contributed by atoms with Crippen LogP contribution in [0.5, 0.6) is 0 Å². The molecule has 17 heavy (non-hydrogen) atoms. The maximum Gasteiger partial charge on any atom is 0.339 e. The fourth-order valence-electron chi connectivity index (χ4n) is 1.65. The van der Waals surface area contributed by atoms with E-state index in [0.717, 1.165) is 15.7 Å². The maximum atomic E-state index is 10.9. The molecule has 1 N–H and O–H groups in total. The van der Waals surface area contributed by atoms with Gasteiger partial charge in [0.25, 0.3) is 0 Å². The number of rotatable bonds is 2. The summed E-state index contributed by atoms with van der Waals surface area (Å²) in [6.45, 7) is 3.73. The lowest BCUT2D eigenvalue weighted by Crippen LogP contribution is -2.03. The van der Waals surface area contributed by atoms with Gasteiger partial charge in [-0.25, -0.2) is 9.48 Å². The first-order valence-electron chi connectivity index (χ1n) is 5.05. The van der Waals surface area contributed by atoms with Crippen molar-refractivity contribution in [3.63, 3.8) is 0 Å². The van der Waals surface area contributed by atoms with Crippen molar-refractivity contribution in [2.24, 2.45) is 0 Å². The number of aromatic nitrogens is 2. The zero-order valence-electron chi connectivity index (χ0n) is 9.44. The van der Waals surface area contributed by atoms with E-state index in [2.05, 4.69) is 21.0 Å². The summed E-state index contributed by atoms with van der Waals surface area (Å²) >= 11 is 3.46. The Hall–Kier alpha value is -1.62. The Bertz CT molecular complexity index is 590. The van der Waals surface area contributed by atoms with Crippen LogP contribution in [0.3, 0.4) is 0 Å². The molecule has 0 spiro atoms. The van der Waals surface area contributed by atoms with Crippen molar-refractivity contribution in [1.82, 2.24) is 9.78 Å². The van der Waals surface area contributed by atoms with E-state index in [1.54, 1.807) is 11.6 Å². The van der Waals surface area contributed by atoms with Crippen molar-refractivity contribution >= 4 is 21.9 Å². The summed E-state index contributed by atoms with van der Waals surface area (Å²) < 4.78 is 2.51. The number of nitrogens with zero attached hydrogens (tertiary/aromatic N) is 2. The molecule has 0 bridgehead atoms. The molecule has 2 rings (SSSR count). The van der Waals surface area contributed by atoms with E-state index in [4.69, 9.17) is 5.11 Å². The molecule has 0 aliphatic carbocycles. The minimum atomic E-state index is -0.961. The van der Waals surface area contributed by atoms with E-state index in [-0.39, 0.29) is 5.56 Å². The van der Waals surface area contributed by atoms with Crippen LogP contribution in [-0.2, 0) is 0 Å². The van der Waals surface area contributed by atoms with Gasteiger partial charge < -0.3 is 5.11 Å². The quantitative estimate of drug-likeness (QED) is 0.926. The Morgan fingerprint density at radius 1 is 1.41 bits per heavy atom. The van der Waals surface area contributed by atoms with Gasteiger partial charge in [0.05, 0.1) is 17.6 Å². The standard InChI is InChI=1S/C12H11BrN2O2/c1-7-3-4-11(10(13)5-7)15-8(2)9(6-14-15)12(16)17/h3-6H,1-2H3,(H,16,17). The maximum absolute atomic E-state index is 10.9. The Morgan fingerprint density at radius 3 is 2.65 bits per heavy atom. The topological polar surface area (TPSA) is 55.1 Å². The summed E-state index contributed by atoms with van der Waals surface area (Å²) in [5.41, 5.74) is 2.80. The molecule has 2 aromatic rings. The van der Waals surface area contributed by atoms with Crippen LogP contribution >= 0.6 is 15.9 Å². The van der Waals surface area contributed by atoms with E-state index in [1.807, 2.05) is 25.1 Å². The number of aromatic carboxylic acids is 1. The van der Waals surface area contributed by atoms with Crippen LogP contribution in [0.15, 0.2) is 28.9 Å². The van der Waals surface area contributed by atoms with Gasteiger partial charge in [0.2, 0.25) is 0 Å². The van der Waals surface area contributed by atoms with Crippen LogP contribution in [0.2, 0.25) is 0 Å². The predicted octanol–water partition coefficient (Wildman–Crippen LogP) is 2.95. The summed E-state index contributed by atoms with van der Waals surface area (Å²) in [6.07, 6.45) is 1.37. The first-order chi connectivity index (χ1) is 8.00. The van der Waals surface area contributed by atoms with E-state index in [0.29, 0.717) is 5.69 Å². The molecular weight excluding hydrogens is 284 g/mol. The minimum absolute atomic E-state index is 0.220. The van der Waals surface area contributed by atoms with Crippen LogP contribution in [0, 0.1) is 13.8 Å². The average molecular weight is 295 g/mol. The summed E-state index contributed by atoms with van der Waals surface area (Å²) in [7, 11) is 0. The molecular formula is C12H11BrN2O2. The molecule has 0 radical (unpaired) electrons. The molecule has 0 amide bonds. The highest BCUT2D eigenvalue weighted by molar-refractivity contribution is 9.10. The van der Waals surface area contributed by atoms with Crippen molar-refractivity contribution in [2.45, 2.75) is 13.8 Å². The summed E-state index contributed by atoms with van der Waals surface area (Å²) in [4.78, 5) is 10.9. The minimum Gasteiger partial charge on any atom is -0.478 e. The Morgan fingerprint density at radius 2 is 2.12 bits per heavy atom. The lowest BCUT2D eigenvalue weighted by atomic mass is 10.2. The monoisotopic (exact) mass is 294 g/mol. The molecule has 1 heterocycles. The second-order valence-electron chi connectivity index (χ2n) is 3.82. The van der Waals surface area contributed by atoms with Crippen LogP contribution in [-0.4, -0.2) is 20.9 Å². The van der Waals surface area contributed by atoms with E-state index >= 15 is 0 Å². The predicted molar refractivity (Wildman–Crippen MR) is 67.7 cm³/mol. The van der Waals surface area contributed by atoms with Crippen molar-refractivity contribution in [3.05, 3.63) is 45.7 Å². The molecule has 0 fully saturated rings. The van der Waals surface area contributed by atoms with E-state index in [9.17, 15) is 4.79 Å². The van der Waals surface area contributed by atoms with Gasteiger partial charge in [0.1, 0.15) is 5.56 Å². The zero-order chi connectivity index (χ0) is 12.6. The molecule has 0 aliphatic rings. The SMILES string of the molecule is Cc1ccc(-n2ncc(C(=O)O)c2C)c(Br)c1. The smallest absolute Gasteiger partial charge is 0.339 e. The fraction of sp³-hybridized carbons (Fsp3) is 0.167. The number of hydrogen-bond donors (Lipinski definition) is 1. The van der Waals surface area contributed by atoms with E-state index < -0.39 is 5.97 Å². The van der Waals surface area contributed by atoms with Gasteiger partial charge in [-0.3, -0.25) is 0 Å². The lowest BCUT2D eigenvalue weighted by Gasteiger charge is -2.07. The molecule has 5 heteroatoms. The van der Waals surface area contributed by atoms with Gasteiger partial charge in [0.15, 0.2) is 0 Å². The highest BCUT2D eigenvalue weighted by atomic mass is 79.9. The number of carbonyl (C=O) groups is 1. The summed E-state index contributed by atoms with van der Waals surface area (Å²) in [6, 6.07) is 5.84. The number of aryl methyl sites for hydroxylation is 1. The Labute approximate surface area is 107 Å². The van der Waals surface area contributed by atoms with Gasteiger partial charge in [0, 0.05) is 4.47 Å². The van der Waals surface area contributed by atoms with Gasteiger partial charge in [-0.15, -0.1) is 0 Å². The first kappa shape index (κ1) is 11.9. The molecule has 1 aromatic heterocycles.